The Morgan fingerprint density at radius 2 is 2.10 bits per heavy atom. The zero-order chi connectivity index (χ0) is 7.56. The number of nitrogens with one attached hydrogen (secondary N) is 2. The molecule has 0 heterocycles. The second-order valence-electron chi connectivity index (χ2n) is 2.48. The van der Waals surface area contributed by atoms with Crippen molar-refractivity contribution in [2.45, 2.75) is 24.9 Å². The van der Waals surface area contributed by atoms with Crippen molar-refractivity contribution >= 4 is 6.09 Å². The molecule has 5 N–H and O–H groups in total. The minimum Gasteiger partial charge on any atom is -0.465 e. The van der Waals surface area contributed by atoms with Crippen molar-refractivity contribution in [3.05, 3.63) is 0 Å². The van der Waals surface area contributed by atoms with Crippen LogP contribution in [0.5, 0.6) is 0 Å². The van der Waals surface area contributed by atoms with Gasteiger partial charge in [0.2, 0.25) is 0 Å². The highest BCUT2D eigenvalue weighted by Crippen LogP contribution is 2.18. The quantitative estimate of drug-likeness (QED) is 0.304. The molecule has 0 saturated heterocycles. The van der Waals surface area contributed by atoms with Gasteiger partial charge >= 0.3 is 6.09 Å². The van der Waals surface area contributed by atoms with Crippen LogP contribution in [0.15, 0.2) is 0 Å². The van der Waals surface area contributed by atoms with Gasteiger partial charge in [0.25, 0.3) is 0 Å². The molecule has 1 aliphatic carbocycles. The Hall–Kier alpha value is -0.810. The van der Waals surface area contributed by atoms with Crippen LogP contribution in [0.3, 0.4) is 0 Å². The highest BCUT2D eigenvalue weighted by molar-refractivity contribution is 5.65. The molecular weight excluding hydrogens is 134 g/mol. The van der Waals surface area contributed by atoms with Gasteiger partial charge < -0.3 is 10.4 Å². The molecule has 0 atom stereocenters. The molecule has 0 aliphatic heterocycles. The van der Waals surface area contributed by atoms with Crippen LogP contribution < -0.4 is 16.6 Å². The average molecular weight is 145 g/mol. The number of hydrogen-bond acceptors (Lipinski definition) is 3. The van der Waals surface area contributed by atoms with Crippen LogP contribution in [0.1, 0.15) is 12.8 Å². The van der Waals surface area contributed by atoms with Crippen LogP contribution in [0.4, 0.5) is 4.79 Å². The smallest absolute Gasteiger partial charge is 0.404 e. The Bertz CT molecular complexity index is 133. The number of amides is 1. The molecule has 0 unspecified atom stereocenters. The first-order chi connectivity index (χ1) is 4.72. The zero-order valence-corrected chi connectivity index (χ0v) is 5.50. The summed E-state index contributed by atoms with van der Waals surface area (Å²) in [5, 5.41) is 10.6. The standard InChI is InChI=1S/C5H11N3O2/c6-8-4-1-3(2-4)7-5(9)10/h3-4,7-8H,1-2,6H2,(H,9,10). The normalized spacial score (nSPS) is 30.9. The van der Waals surface area contributed by atoms with Crippen molar-refractivity contribution < 1.29 is 9.90 Å². The summed E-state index contributed by atoms with van der Waals surface area (Å²) >= 11 is 0. The maximum absolute atomic E-state index is 10.0. The van der Waals surface area contributed by atoms with E-state index in [1.807, 2.05) is 0 Å². The molecule has 0 radical (unpaired) electrons. The summed E-state index contributed by atoms with van der Waals surface area (Å²) in [4.78, 5) is 10.0. The summed E-state index contributed by atoms with van der Waals surface area (Å²) in [6.07, 6.45) is 0.631. The predicted molar refractivity (Wildman–Crippen MR) is 35.3 cm³/mol. The van der Waals surface area contributed by atoms with Crippen molar-refractivity contribution in [3.8, 4) is 0 Å². The zero-order valence-electron chi connectivity index (χ0n) is 5.50. The highest BCUT2D eigenvalue weighted by atomic mass is 16.4. The molecule has 5 heteroatoms. The van der Waals surface area contributed by atoms with Crippen LogP contribution in [0.2, 0.25) is 0 Å². The van der Waals surface area contributed by atoms with Crippen molar-refractivity contribution in [1.29, 1.82) is 0 Å². The molecule has 10 heavy (non-hydrogen) atoms. The molecule has 5 nitrogen and oxygen atoms in total. The molecular formula is C5H11N3O2. The number of rotatable bonds is 2. The number of carbonyl (C=O) groups is 1. The van der Waals surface area contributed by atoms with E-state index < -0.39 is 6.09 Å². The first kappa shape index (κ1) is 7.30. The molecule has 0 aromatic heterocycles. The molecule has 0 bridgehead atoms. The second kappa shape index (κ2) is 2.85. The molecule has 1 saturated carbocycles. The fraction of sp³-hybridized carbons (Fsp3) is 0.800. The lowest BCUT2D eigenvalue weighted by Gasteiger charge is -2.34. The molecule has 1 aliphatic rings. The van der Waals surface area contributed by atoms with Crippen LogP contribution >= 0.6 is 0 Å². The topological polar surface area (TPSA) is 87.4 Å². The van der Waals surface area contributed by atoms with E-state index in [-0.39, 0.29) is 12.1 Å². The minimum absolute atomic E-state index is 0.0959. The summed E-state index contributed by atoms with van der Waals surface area (Å²) < 4.78 is 0. The third kappa shape index (κ3) is 1.58. The van der Waals surface area contributed by atoms with Gasteiger partial charge in [-0.3, -0.25) is 11.3 Å². The van der Waals surface area contributed by atoms with Gasteiger partial charge in [-0.1, -0.05) is 0 Å². The average Bonchev–Trinajstić information content (AvgIpc) is 1.76. The number of hydrogen-bond donors (Lipinski definition) is 4. The van der Waals surface area contributed by atoms with Crippen molar-refractivity contribution in [2.24, 2.45) is 5.84 Å². The largest absolute Gasteiger partial charge is 0.465 e. The molecule has 1 amide bonds. The maximum Gasteiger partial charge on any atom is 0.404 e. The fourth-order valence-electron chi connectivity index (χ4n) is 1.05. The Labute approximate surface area is 58.6 Å². The summed E-state index contributed by atoms with van der Waals surface area (Å²) in [5.41, 5.74) is 2.57. The van der Waals surface area contributed by atoms with E-state index in [4.69, 9.17) is 10.9 Å². The SMILES string of the molecule is NNC1CC(NC(=O)O)C1. The lowest BCUT2D eigenvalue weighted by atomic mass is 9.87. The van der Waals surface area contributed by atoms with E-state index in [2.05, 4.69) is 10.7 Å². The van der Waals surface area contributed by atoms with Gasteiger partial charge in [-0.25, -0.2) is 4.79 Å². The lowest BCUT2D eigenvalue weighted by molar-refractivity contribution is 0.173. The van der Waals surface area contributed by atoms with Gasteiger partial charge in [-0.15, -0.1) is 0 Å². The fourth-order valence-corrected chi connectivity index (χ4v) is 1.05. The van der Waals surface area contributed by atoms with Gasteiger partial charge in [0.15, 0.2) is 0 Å². The van der Waals surface area contributed by atoms with Gasteiger partial charge in [-0.05, 0) is 12.8 Å². The summed E-state index contributed by atoms with van der Waals surface area (Å²) in [6, 6.07) is 0.385. The summed E-state index contributed by atoms with van der Waals surface area (Å²) in [6.45, 7) is 0. The van der Waals surface area contributed by atoms with E-state index in [9.17, 15) is 4.79 Å². The Morgan fingerprint density at radius 1 is 1.50 bits per heavy atom. The summed E-state index contributed by atoms with van der Waals surface area (Å²) in [5.74, 6) is 5.10. The summed E-state index contributed by atoms with van der Waals surface area (Å²) in [7, 11) is 0. The first-order valence-electron chi connectivity index (χ1n) is 3.18. The van der Waals surface area contributed by atoms with Gasteiger partial charge in [-0.2, -0.15) is 0 Å². The molecule has 0 spiro atoms. The van der Waals surface area contributed by atoms with Crippen LogP contribution in [-0.4, -0.2) is 23.3 Å². The number of nitrogens with two attached hydrogens (primary N) is 1. The second-order valence-corrected chi connectivity index (χ2v) is 2.48. The number of hydrazine groups is 1. The Kier molecular flexibility index (Phi) is 2.08. The third-order valence-electron chi connectivity index (χ3n) is 1.70. The highest BCUT2D eigenvalue weighted by Gasteiger charge is 2.28. The van der Waals surface area contributed by atoms with Gasteiger partial charge in [0, 0.05) is 12.1 Å². The van der Waals surface area contributed by atoms with Crippen LogP contribution in [-0.2, 0) is 0 Å². The van der Waals surface area contributed by atoms with Crippen molar-refractivity contribution in [1.82, 2.24) is 10.7 Å². The Balaban J connectivity index is 2.08. The van der Waals surface area contributed by atoms with Crippen molar-refractivity contribution in [2.75, 3.05) is 0 Å². The maximum atomic E-state index is 10.0. The van der Waals surface area contributed by atoms with Crippen molar-refractivity contribution in [3.63, 3.8) is 0 Å². The Morgan fingerprint density at radius 3 is 2.50 bits per heavy atom. The monoisotopic (exact) mass is 145 g/mol. The van der Waals surface area contributed by atoms with Crippen LogP contribution in [0, 0.1) is 0 Å². The molecule has 1 fully saturated rings. The van der Waals surface area contributed by atoms with Gasteiger partial charge in [0.1, 0.15) is 0 Å². The first-order valence-corrected chi connectivity index (χ1v) is 3.18. The minimum atomic E-state index is -0.958. The van der Waals surface area contributed by atoms with E-state index >= 15 is 0 Å². The molecule has 58 valence electrons. The third-order valence-corrected chi connectivity index (χ3v) is 1.70. The van der Waals surface area contributed by atoms with E-state index in [1.54, 1.807) is 0 Å². The van der Waals surface area contributed by atoms with Crippen LogP contribution in [0.25, 0.3) is 0 Å². The molecule has 0 aromatic carbocycles. The van der Waals surface area contributed by atoms with E-state index in [0.717, 1.165) is 12.8 Å². The lowest BCUT2D eigenvalue weighted by Crippen LogP contribution is -2.53. The number of carboxylic acid groups (broad SMARTS) is 1. The molecule has 1 rings (SSSR count). The predicted octanol–water partition coefficient (Wildman–Crippen LogP) is -0.752. The molecule has 0 aromatic rings. The van der Waals surface area contributed by atoms with E-state index in [0.29, 0.717) is 0 Å². The van der Waals surface area contributed by atoms with Gasteiger partial charge in [0.05, 0.1) is 0 Å². The van der Waals surface area contributed by atoms with E-state index in [1.165, 1.54) is 0 Å².